The number of piperidine rings is 1. The second-order valence-electron chi connectivity index (χ2n) is 9.49. The first-order chi connectivity index (χ1) is 15.2. The molecule has 4 rings (SSSR count). The van der Waals surface area contributed by atoms with Gasteiger partial charge in [-0.05, 0) is 89.6 Å². The molecule has 2 aliphatic carbocycles. The molecule has 4 N–H and O–H groups in total. The van der Waals surface area contributed by atoms with E-state index < -0.39 is 0 Å². The topological polar surface area (TPSA) is 91.5 Å². The van der Waals surface area contributed by atoms with Crippen LogP contribution in [0.4, 0.5) is 0 Å². The Labute approximate surface area is 185 Å². The first-order valence-electron chi connectivity index (χ1n) is 12.2. The lowest BCUT2D eigenvalue weighted by Crippen LogP contribution is -2.45. The summed E-state index contributed by atoms with van der Waals surface area (Å²) in [4.78, 5) is 24.8. The first-order valence-corrected chi connectivity index (χ1v) is 12.2. The van der Waals surface area contributed by atoms with Crippen LogP contribution in [0.5, 0.6) is 0 Å². The van der Waals surface area contributed by atoms with Crippen LogP contribution < -0.4 is 21.3 Å². The summed E-state index contributed by atoms with van der Waals surface area (Å²) in [6, 6.07) is 0.559. The number of amides is 2. The number of carbonyl (C=O) groups excluding carboxylic acids is 2. The van der Waals surface area contributed by atoms with Crippen LogP contribution in [0, 0.1) is 5.92 Å². The van der Waals surface area contributed by atoms with Crippen LogP contribution in [0.2, 0.25) is 0 Å². The first kappa shape index (κ1) is 22.3. The molecule has 4 aliphatic rings. The van der Waals surface area contributed by atoms with Gasteiger partial charge in [0.05, 0.1) is 12.2 Å². The van der Waals surface area contributed by atoms with Gasteiger partial charge in [-0.1, -0.05) is 6.08 Å². The van der Waals surface area contributed by atoms with Crippen molar-refractivity contribution >= 4 is 11.8 Å². The van der Waals surface area contributed by atoms with E-state index in [4.69, 9.17) is 4.74 Å². The average molecular weight is 431 g/mol. The maximum atomic E-state index is 12.5. The van der Waals surface area contributed by atoms with Crippen LogP contribution in [0.3, 0.4) is 0 Å². The van der Waals surface area contributed by atoms with E-state index in [0.717, 1.165) is 82.9 Å². The van der Waals surface area contributed by atoms with Crippen LogP contribution in [-0.2, 0) is 14.3 Å². The average Bonchev–Trinajstić information content (AvgIpc) is 2.82. The number of ether oxygens (including phenoxy) is 1. The maximum Gasteiger partial charge on any atom is 0.251 e. The third kappa shape index (κ3) is 6.56. The summed E-state index contributed by atoms with van der Waals surface area (Å²) >= 11 is 0. The fourth-order valence-electron chi connectivity index (χ4n) is 5.25. The minimum Gasteiger partial charge on any atom is -0.387 e. The van der Waals surface area contributed by atoms with E-state index in [1.165, 1.54) is 0 Å². The van der Waals surface area contributed by atoms with E-state index in [9.17, 15) is 9.59 Å². The predicted molar refractivity (Wildman–Crippen MR) is 120 cm³/mol. The van der Waals surface area contributed by atoms with Crippen molar-refractivity contribution in [2.75, 3.05) is 19.6 Å². The minimum absolute atomic E-state index is 0.0342. The fraction of sp³-hybridized carbons (Fsp3) is 0.750. The number of carbonyl (C=O) groups is 2. The van der Waals surface area contributed by atoms with Gasteiger partial charge in [-0.15, -0.1) is 0 Å². The minimum atomic E-state index is 0.0342. The molecule has 2 aliphatic heterocycles. The number of hydrogen-bond donors (Lipinski definition) is 4. The lowest BCUT2D eigenvalue weighted by atomic mass is 9.89. The van der Waals surface area contributed by atoms with Crippen molar-refractivity contribution < 1.29 is 14.3 Å². The van der Waals surface area contributed by atoms with Crippen molar-refractivity contribution in [3.8, 4) is 0 Å². The van der Waals surface area contributed by atoms with E-state index in [0.29, 0.717) is 24.8 Å². The van der Waals surface area contributed by atoms with E-state index in [1.54, 1.807) is 0 Å². The van der Waals surface area contributed by atoms with Crippen molar-refractivity contribution in [2.24, 2.45) is 5.92 Å². The molecule has 172 valence electrons. The van der Waals surface area contributed by atoms with Gasteiger partial charge in [-0.2, -0.15) is 0 Å². The van der Waals surface area contributed by atoms with Gasteiger partial charge < -0.3 is 26.0 Å². The third-order valence-corrected chi connectivity index (χ3v) is 7.21. The highest BCUT2D eigenvalue weighted by atomic mass is 16.5. The summed E-state index contributed by atoms with van der Waals surface area (Å²) in [6.45, 7) is 2.62. The quantitative estimate of drug-likeness (QED) is 0.517. The van der Waals surface area contributed by atoms with Gasteiger partial charge in [0, 0.05) is 30.1 Å². The molecule has 0 unspecified atom stereocenters. The molecule has 2 amide bonds. The van der Waals surface area contributed by atoms with Crippen LogP contribution >= 0.6 is 0 Å². The number of hydrogen-bond acceptors (Lipinski definition) is 5. The standard InChI is InChI=1S/C24H38N4O3/c29-23(17-9-13-25-14-10-17)27-19-1-5-21(6-2-19)31-22-7-3-20(4-8-22)28-24(30)18-11-15-26-16-12-18/h9-10,13,18-22,25-26H,1-8,11-12,14-16H2,(H,27,29)(H,28,30). The molecule has 2 saturated carbocycles. The molecule has 0 spiro atoms. The Morgan fingerprint density at radius 1 is 0.839 bits per heavy atom. The SMILES string of the molecule is O=C(NC1CCC(OC2CCC(NC(=O)C3CCNCC3)CC2)CC1)C1=CCNC=C1. The summed E-state index contributed by atoms with van der Waals surface area (Å²) in [6.07, 6.45) is 16.2. The molecule has 0 bridgehead atoms. The molecule has 0 atom stereocenters. The lowest BCUT2D eigenvalue weighted by molar-refractivity contribution is -0.127. The maximum absolute atomic E-state index is 12.5. The van der Waals surface area contributed by atoms with Crippen molar-refractivity contribution in [1.82, 2.24) is 21.3 Å². The molecule has 3 fully saturated rings. The molecule has 2 heterocycles. The predicted octanol–water partition coefficient (Wildman–Crippen LogP) is 1.90. The van der Waals surface area contributed by atoms with Gasteiger partial charge in [0.2, 0.25) is 5.91 Å². The number of dihydropyridines is 1. The lowest BCUT2D eigenvalue weighted by Gasteiger charge is -2.35. The van der Waals surface area contributed by atoms with Crippen molar-refractivity contribution in [3.05, 3.63) is 23.9 Å². The monoisotopic (exact) mass is 430 g/mol. The summed E-state index contributed by atoms with van der Waals surface area (Å²) in [5.74, 6) is 0.474. The van der Waals surface area contributed by atoms with E-state index in [2.05, 4.69) is 21.3 Å². The largest absolute Gasteiger partial charge is 0.387 e. The van der Waals surface area contributed by atoms with Crippen LogP contribution in [0.1, 0.15) is 64.2 Å². The van der Waals surface area contributed by atoms with Gasteiger partial charge in [-0.3, -0.25) is 9.59 Å². The molecular weight excluding hydrogens is 392 g/mol. The zero-order valence-corrected chi connectivity index (χ0v) is 18.5. The molecule has 1 saturated heterocycles. The Kier molecular flexibility index (Phi) is 8.03. The zero-order valence-electron chi connectivity index (χ0n) is 18.5. The van der Waals surface area contributed by atoms with Crippen LogP contribution in [0.25, 0.3) is 0 Å². The Hall–Kier alpha value is -1.86. The van der Waals surface area contributed by atoms with E-state index in [1.807, 2.05) is 18.4 Å². The van der Waals surface area contributed by atoms with Gasteiger partial charge in [0.1, 0.15) is 0 Å². The van der Waals surface area contributed by atoms with Gasteiger partial charge in [0.25, 0.3) is 5.91 Å². The summed E-state index contributed by atoms with van der Waals surface area (Å²) in [5, 5.41) is 12.9. The molecule has 7 nitrogen and oxygen atoms in total. The molecule has 0 aromatic heterocycles. The molecule has 0 radical (unpaired) electrons. The Balaban J connectivity index is 1.11. The molecule has 31 heavy (non-hydrogen) atoms. The number of rotatable bonds is 6. The van der Waals surface area contributed by atoms with Crippen molar-refractivity contribution in [3.63, 3.8) is 0 Å². The summed E-state index contributed by atoms with van der Waals surface area (Å²) < 4.78 is 6.41. The van der Waals surface area contributed by atoms with Crippen LogP contribution in [-0.4, -0.2) is 55.7 Å². The zero-order chi connectivity index (χ0) is 21.5. The van der Waals surface area contributed by atoms with E-state index in [-0.39, 0.29) is 23.8 Å². The van der Waals surface area contributed by atoms with Gasteiger partial charge in [-0.25, -0.2) is 0 Å². The van der Waals surface area contributed by atoms with Gasteiger partial charge >= 0.3 is 0 Å². The fourth-order valence-corrected chi connectivity index (χ4v) is 5.25. The molecule has 0 aromatic carbocycles. The summed E-state index contributed by atoms with van der Waals surface area (Å²) in [5.41, 5.74) is 0.751. The highest BCUT2D eigenvalue weighted by Crippen LogP contribution is 2.28. The van der Waals surface area contributed by atoms with Crippen molar-refractivity contribution in [2.45, 2.75) is 88.5 Å². The van der Waals surface area contributed by atoms with E-state index >= 15 is 0 Å². The Morgan fingerprint density at radius 2 is 1.45 bits per heavy atom. The number of nitrogens with one attached hydrogen (secondary N) is 4. The summed E-state index contributed by atoms with van der Waals surface area (Å²) in [7, 11) is 0. The third-order valence-electron chi connectivity index (χ3n) is 7.21. The molecular formula is C24H38N4O3. The Morgan fingerprint density at radius 3 is 2.03 bits per heavy atom. The second-order valence-corrected chi connectivity index (χ2v) is 9.49. The van der Waals surface area contributed by atoms with Crippen LogP contribution in [0.15, 0.2) is 23.9 Å². The Bertz CT molecular complexity index is 670. The highest BCUT2D eigenvalue weighted by molar-refractivity contribution is 5.96. The molecule has 7 heteroatoms. The smallest absolute Gasteiger partial charge is 0.251 e. The van der Waals surface area contributed by atoms with Crippen molar-refractivity contribution in [1.29, 1.82) is 0 Å². The second kappa shape index (κ2) is 11.1. The molecule has 0 aromatic rings. The normalized spacial score (nSPS) is 31.9. The van der Waals surface area contributed by atoms with Gasteiger partial charge in [0.15, 0.2) is 0 Å². The highest BCUT2D eigenvalue weighted by Gasteiger charge is 2.30.